The summed E-state index contributed by atoms with van der Waals surface area (Å²) in [7, 11) is 1.48. The van der Waals surface area contributed by atoms with E-state index in [4.69, 9.17) is 10.8 Å². The van der Waals surface area contributed by atoms with Gasteiger partial charge in [0.05, 0.1) is 12.5 Å². The van der Waals surface area contributed by atoms with Gasteiger partial charge < -0.3 is 36.4 Å². The van der Waals surface area contributed by atoms with Gasteiger partial charge in [-0.3, -0.25) is 24.0 Å². The molecule has 0 radical (unpaired) electrons. The van der Waals surface area contributed by atoms with Crippen LogP contribution in [0.3, 0.4) is 0 Å². The molecule has 13 heteroatoms. The maximum atomic E-state index is 14.1. The molecular formula is C34H45N5O8. The summed E-state index contributed by atoms with van der Waals surface area (Å²) in [5.74, 6) is -5.12. The van der Waals surface area contributed by atoms with Crippen molar-refractivity contribution in [2.45, 2.75) is 82.6 Å². The van der Waals surface area contributed by atoms with Crippen molar-refractivity contribution in [1.82, 2.24) is 20.4 Å². The van der Waals surface area contributed by atoms with Gasteiger partial charge in [0.2, 0.25) is 23.6 Å². The second-order valence-electron chi connectivity index (χ2n) is 12.3. The lowest BCUT2D eigenvalue weighted by atomic mass is 10.00. The Morgan fingerprint density at radius 1 is 0.872 bits per heavy atom. The van der Waals surface area contributed by atoms with Crippen LogP contribution in [-0.4, -0.2) is 99.4 Å². The molecule has 1 saturated heterocycles. The van der Waals surface area contributed by atoms with Crippen molar-refractivity contribution < 1.29 is 39.0 Å². The van der Waals surface area contributed by atoms with E-state index >= 15 is 0 Å². The Morgan fingerprint density at radius 2 is 1.43 bits per heavy atom. The smallest absolute Gasteiger partial charge is 0.326 e. The van der Waals surface area contributed by atoms with Crippen LogP contribution in [0.4, 0.5) is 0 Å². The van der Waals surface area contributed by atoms with Gasteiger partial charge >= 0.3 is 11.9 Å². The van der Waals surface area contributed by atoms with Crippen LogP contribution >= 0.6 is 0 Å². The van der Waals surface area contributed by atoms with Crippen molar-refractivity contribution in [3.05, 3.63) is 71.8 Å². The number of rotatable bonds is 16. The average molecular weight is 652 g/mol. The monoisotopic (exact) mass is 651 g/mol. The van der Waals surface area contributed by atoms with Gasteiger partial charge in [-0.05, 0) is 36.3 Å². The lowest BCUT2D eigenvalue weighted by molar-refractivity contribution is -0.148. The zero-order valence-corrected chi connectivity index (χ0v) is 27.0. The van der Waals surface area contributed by atoms with E-state index in [1.165, 1.54) is 16.8 Å². The van der Waals surface area contributed by atoms with Crippen LogP contribution in [0.1, 0.15) is 50.7 Å². The molecular weight excluding hydrogens is 606 g/mol. The highest BCUT2D eigenvalue weighted by molar-refractivity contribution is 5.96. The maximum absolute atomic E-state index is 14.1. The Labute approximate surface area is 274 Å². The number of likely N-dealkylation sites (N-methyl/N-ethyl adjacent to an activating group) is 1. The Kier molecular flexibility index (Phi) is 13.4. The van der Waals surface area contributed by atoms with Crippen molar-refractivity contribution >= 4 is 35.6 Å². The van der Waals surface area contributed by atoms with Crippen LogP contribution in [-0.2, 0) is 41.6 Å². The summed E-state index contributed by atoms with van der Waals surface area (Å²) in [5.41, 5.74) is 7.58. The SMILES string of the molecule is CC(C)C[C@@H](N)C(=O)N1CCC[C@H]1C(=O)N(C)[C@@H](Cc1ccccc1)C(=O)N[C@H](Cc1ccccc1)C(=O)N[C@H](CC(=O)O)C(=O)O. The molecule has 0 bridgehead atoms. The molecule has 0 spiro atoms. The third kappa shape index (κ3) is 10.6. The fourth-order valence-electron chi connectivity index (χ4n) is 5.71. The molecule has 1 heterocycles. The molecule has 2 aromatic rings. The summed E-state index contributed by atoms with van der Waals surface area (Å²) in [6.07, 6.45) is 0.650. The van der Waals surface area contributed by atoms with Gasteiger partial charge in [0.25, 0.3) is 0 Å². The predicted octanol–water partition coefficient (Wildman–Crippen LogP) is 1.19. The fraction of sp³-hybridized carbons (Fsp3) is 0.471. The van der Waals surface area contributed by atoms with Crippen molar-refractivity contribution in [2.75, 3.05) is 13.6 Å². The molecule has 3 rings (SSSR count). The molecule has 0 aliphatic carbocycles. The van der Waals surface area contributed by atoms with Crippen LogP contribution < -0.4 is 16.4 Å². The molecule has 1 aliphatic rings. The molecule has 5 atom stereocenters. The Morgan fingerprint density at radius 3 is 1.96 bits per heavy atom. The summed E-state index contributed by atoms with van der Waals surface area (Å²) < 4.78 is 0. The number of nitrogens with one attached hydrogen (secondary N) is 2. The van der Waals surface area contributed by atoms with E-state index in [1.54, 1.807) is 54.6 Å². The number of benzene rings is 2. The standard InChI is InChI=1S/C34H45N5O8/c1-21(2)17-24(35)32(44)39-16-10-15-27(39)33(45)38(3)28(19-23-13-8-5-9-14-23)31(43)36-25(18-22-11-6-4-7-12-22)30(42)37-26(34(46)47)20-29(40)41/h4-9,11-14,21,24-28H,10,15-20,35H2,1-3H3,(H,36,43)(H,37,42)(H,40,41)(H,46,47)/t24-,25-,26-,27+,28+/m1/s1. The summed E-state index contributed by atoms with van der Waals surface area (Å²) in [6, 6.07) is 12.0. The van der Waals surface area contributed by atoms with Gasteiger partial charge in [0.1, 0.15) is 24.2 Å². The van der Waals surface area contributed by atoms with Crippen molar-refractivity contribution in [3.63, 3.8) is 0 Å². The van der Waals surface area contributed by atoms with E-state index in [2.05, 4.69) is 10.6 Å². The number of likely N-dealkylation sites (tertiary alicyclic amines) is 1. The van der Waals surface area contributed by atoms with Gasteiger partial charge in [-0.15, -0.1) is 0 Å². The quantitative estimate of drug-likeness (QED) is 0.177. The molecule has 0 aromatic heterocycles. The molecule has 1 aliphatic heterocycles. The first kappa shape index (κ1) is 36.7. The average Bonchev–Trinajstić information content (AvgIpc) is 3.52. The number of carbonyl (C=O) groups excluding carboxylic acids is 4. The molecule has 47 heavy (non-hydrogen) atoms. The molecule has 1 fully saturated rings. The first-order chi connectivity index (χ1) is 22.3. The highest BCUT2D eigenvalue weighted by Gasteiger charge is 2.41. The van der Waals surface area contributed by atoms with Crippen LogP contribution in [0.25, 0.3) is 0 Å². The van der Waals surface area contributed by atoms with E-state index in [0.29, 0.717) is 31.4 Å². The largest absolute Gasteiger partial charge is 0.481 e. The second kappa shape index (κ2) is 17.2. The van der Waals surface area contributed by atoms with Gasteiger partial charge in [-0.1, -0.05) is 74.5 Å². The van der Waals surface area contributed by atoms with Gasteiger partial charge in [-0.25, -0.2) is 4.79 Å². The lowest BCUT2D eigenvalue weighted by Gasteiger charge is -2.34. The van der Waals surface area contributed by atoms with E-state index in [-0.39, 0.29) is 24.7 Å². The number of hydrogen-bond acceptors (Lipinski definition) is 7. The van der Waals surface area contributed by atoms with Crippen molar-refractivity contribution in [1.29, 1.82) is 0 Å². The van der Waals surface area contributed by atoms with E-state index in [9.17, 15) is 33.9 Å². The Hall–Kier alpha value is -4.78. The molecule has 254 valence electrons. The minimum Gasteiger partial charge on any atom is -0.481 e. The summed E-state index contributed by atoms with van der Waals surface area (Å²) in [4.78, 5) is 80.4. The topological polar surface area (TPSA) is 199 Å². The Bertz CT molecular complexity index is 1400. The van der Waals surface area contributed by atoms with Gasteiger partial charge in [-0.2, -0.15) is 0 Å². The number of carboxylic acid groups (broad SMARTS) is 2. The van der Waals surface area contributed by atoms with Crippen molar-refractivity contribution in [2.24, 2.45) is 11.7 Å². The van der Waals surface area contributed by atoms with Crippen LogP contribution in [0, 0.1) is 5.92 Å². The van der Waals surface area contributed by atoms with Crippen LogP contribution in [0.15, 0.2) is 60.7 Å². The number of nitrogens with zero attached hydrogens (tertiary/aromatic N) is 2. The number of aliphatic carboxylic acids is 2. The summed E-state index contributed by atoms with van der Waals surface area (Å²) in [5, 5.41) is 23.6. The zero-order chi connectivity index (χ0) is 34.7. The molecule has 13 nitrogen and oxygen atoms in total. The third-order valence-corrected chi connectivity index (χ3v) is 8.16. The highest BCUT2D eigenvalue weighted by atomic mass is 16.4. The van der Waals surface area contributed by atoms with E-state index in [1.807, 2.05) is 19.9 Å². The number of amides is 4. The zero-order valence-electron chi connectivity index (χ0n) is 27.0. The van der Waals surface area contributed by atoms with E-state index in [0.717, 1.165) is 5.56 Å². The van der Waals surface area contributed by atoms with Crippen LogP contribution in [0.2, 0.25) is 0 Å². The molecule has 6 N–H and O–H groups in total. The lowest BCUT2D eigenvalue weighted by Crippen LogP contribution is -2.59. The van der Waals surface area contributed by atoms with E-state index < -0.39 is 66.3 Å². The maximum Gasteiger partial charge on any atom is 0.326 e. The summed E-state index contributed by atoms with van der Waals surface area (Å²) in [6.45, 7) is 4.28. The Balaban J connectivity index is 1.90. The molecule has 0 unspecified atom stereocenters. The number of nitrogens with two attached hydrogens (primary N) is 1. The number of hydrogen-bond donors (Lipinski definition) is 5. The van der Waals surface area contributed by atoms with Crippen molar-refractivity contribution in [3.8, 4) is 0 Å². The fourth-order valence-corrected chi connectivity index (χ4v) is 5.71. The highest BCUT2D eigenvalue weighted by Crippen LogP contribution is 2.23. The molecule has 2 aromatic carbocycles. The molecule has 4 amide bonds. The normalized spacial score (nSPS) is 16.9. The summed E-state index contributed by atoms with van der Waals surface area (Å²) >= 11 is 0. The number of carboxylic acids is 2. The first-order valence-electron chi connectivity index (χ1n) is 15.7. The number of carbonyl (C=O) groups is 6. The predicted molar refractivity (Wildman–Crippen MR) is 173 cm³/mol. The first-order valence-corrected chi connectivity index (χ1v) is 15.7. The second-order valence-corrected chi connectivity index (χ2v) is 12.3. The minimum absolute atomic E-state index is 0.0355. The third-order valence-electron chi connectivity index (χ3n) is 8.16. The molecule has 0 saturated carbocycles. The van der Waals surface area contributed by atoms with Gasteiger partial charge in [0, 0.05) is 26.4 Å². The van der Waals surface area contributed by atoms with Gasteiger partial charge in [0.15, 0.2) is 0 Å². The minimum atomic E-state index is -1.73. The van der Waals surface area contributed by atoms with Crippen LogP contribution in [0.5, 0.6) is 0 Å².